The van der Waals surface area contributed by atoms with Gasteiger partial charge in [-0.05, 0) is 12.1 Å². The number of carbonyl (C=O) groups excluding carboxylic acids is 2. The lowest BCUT2D eigenvalue weighted by Crippen LogP contribution is -2.30. The molecule has 0 spiro atoms. The van der Waals surface area contributed by atoms with Gasteiger partial charge in [0, 0.05) is 17.0 Å². The number of para-hydroxylation sites is 1. The fourth-order valence-electron chi connectivity index (χ4n) is 2.00. The zero-order chi connectivity index (χ0) is 11.8. The second kappa shape index (κ2) is 3.64. The molecule has 1 aliphatic rings. The molecule has 17 heavy (non-hydrogen) atoms. The molecule has 1 radical (unpaired) electrons. The summed E-state index contributed by atoms with van der Waals surface area (Å²) >= 11 is 0. The molecule has 0 unspecified atom stereocenters. The molecular formula is C14H9NO2+. The van der Waals surface area contributed by atoms with Crippen molar-refractivity contribution in [2.75, 3.05) is 0 Å². The number of benzene rings is 2. The number of fused-ring (bicyclic) bond motifs is 1. The second-order valence-corrected chi connectivity index (χ2v) is 3.83. The minimum absolute atomic E-state index is 0.253. The molecule has 1 heterocycles. The van der Waals surface area contributed by atoms with E-state index in [-0.39, 0.29) is 11.8 Å². The Bertz CT molecular complexity index is 570. The first-order valence-corrected chi connectivity index (χ1v) is 5.32. The number of hydrogen-bond donors (Lipinski definition) is 0. The van der Waals surface area contributed by atoms with Crippen LogP contribution in [0.25, 0.3) is 0 Å². The van der Waals surface area contributed by atoms with Crippen LogP contribution in [-0.2, 0) is 0 Å². The van der Waals surface area contributed by atoms with E-state index in [4.69, 9.17) is 0 Å². The summed E-state index contributed by atoms with van der Waals surface area (Å²) in [5.41, 5.74) is 1.56. The molecule has 0 bridgehead atoms. The summed E-state index contributed by atoms with van der Waals surface area (Å²) in [6.07, 6.45) is 0. The van der Waals surface area contributed by atoms with Gasteiger partial charge in [-0.2, -0.15) is 0 Å². The maximum atomic E-state index is 12.1. The highest BCUT2D eigenvalue weighted by Gasteiger charge is 2.48. The van der Waals surface area contributed by atoms with Gasteiger partial charge in [0.2, 0.25) is 0 Å². The van der Waals surface area contributed by atoms with Crippen LogP contribution in [0.2, 0.25) is 0 Å². The van der Waals surface area contributed by atoms with Gasteiger partial charge in [-0.15, -0.1) is 0 Å². The summed E-state index contributed by atoms with van der Waals surface area (Å²) in [4.78, 5) is 25.4. The van der Waals surface area contributed by atoms with Crippen LogP contribution in [0.5, 0.6) is 0 Å². The molecule has 3 nitrogen and oxygen atoms in total. The van der Waals surface area contributed by atoms with Crippen LogP contribution in [-0.4, -0.2) is 11.8 Å². The monoisotopic (exact) mass is 223 g/mol. The number of rotatable bonds is 1. The number of imide groups is 1. The van der Waals surface area contributed by atoms with Crippen molar-refractivity contribution in [3.05, 3.63) is 65.7 Å². The van der Waals surface area contributed by atoms with Gasteiger partial charge in [-0.25, -0.2) is 9.59 Å². The van der Waals surface area contributed by atoms with Gasteiger partial charge in [0.05, 0.1) is 0 Å². The quantitative estimate of drug-likeness (QED) is 0.550. The lowest BCUT2D eigenvalue weighted by atomic mass is 10.1. The van der Waals surface area contributed by atoms with Gasteiger partial charge in [0.15, 0.2) is 5.69 Å². The zero-order valence-electron chi connectivity index (χ0n) is 8.96. The van der Waals surface area contributed by atoms with E-state index in [0.717, 1.165) is 0 Å². The first-order valence-electron chi connectivity index (χ1n) is 5.32. The maximum Gasteiger partial charge on any atom is 0.408 e. The molecule has 0 N–H and O–H groups in total. The summed E-state index contributed by atoms with van der Waals surface area (Å²) in [7, 11) is 0. The van der Waals surface area contributed by atoms with E-state index >= 15 is 0 Å². The predicted octanol–water partition coefficient (Wildman–Crippen LogP) is 2.45. The Hall–Kier alpha value is -2.26. The molecule has 0 aromatic heterocycles. The Balaban J connectivity index is 2.13. The molecule has 2 aromatic rings. The molecular weight excluding hydrogens is 214 g/mol. The third-order valence-electron chi connectivity index (χ3n) is 2.81. The van der Waals surface area contributed by atoms with Gasteiger partial charge in [0.1, 0.15) is 11.1 Å². The van der Waals surface area contributed by atoms with Gasteiger partial charge >= 0.3 is 11.8 Å². The third kappa shape index (κ3) is 1.40. The van der Waals surface area contributed by atoms with Gasteiger partial charge in [-0.3, -0.25) is 0 Å². The first kappa shape index (κ1) is 9.93. The topological polar surface area (TPSA) is 40.0 Å². The van der Waals surface area contributed by atoms with Gasteiger partial charge < -0.3 is 0 Å². The molecule has 0 saturated heterocycles. The second-order valence-electron chi connectivity index (χ2n) is 3.83. The largest absolute Gasteiger partial charge is 0.408 e. The van der Waals surface area contributed by atoms with E-state index in [2.05, 4.69) is 0 Å². The van der Waals surface area contributed by atoms with Crippen molar-refractivity contribution in [2.45, 2.75) is 0 Å². The number of anilines is 1. The average Bonchev–Trinajstić information content (AvgIpc) is 2.64. The molecule has 3 rings (SSSR count). The van der Waals surface area contributed by atoms with Crippen LogP contribution in [0.3, 0.4) is 0 Å². The molecule has 0 fully saturated rings. The highest BCUT2D eigenvalue weighted by atomic mass is 16.2. The number of hydrogen-bond acceptors (Lipinski definition) is 2. The van der Waals surface area contributed by atoms with Crippen LogP contribution in [0.1, 0.15) is 20.7 Å². The van der Waals surface area contributed by atoms with Crippen molar-refractivity contribution < 1.29 is 9.59 Å². The lowest BCUT2D eigenvalue weighted by molar-refractivity contribution is 0.0817. The molecule has 2 aromatic carbocycles. The number of amides is 2. The molecule has 81 valence electrons. The van der Waals surface area contributed by atoms with Gasteiger partial charge in [0.25, 0.3) is 0 Å². The van der Waals surface area contributed by atoms with E-state index in [1.165, 1.54) is 4.90 Å². The highest BCUT2D eigenvalue weighted by Crippen LogP contribution is 2.27. The van der Waals surface area contributed by atoms with Crippen molar-refractivity contribution in [3.8, 4) is 0 Å². The first-order chi connectivity index (χ1) is 8.29. The molecule has 2 amide bonds. The van der Waals surface area contributed by atoms with Gasteiger partial charge in [-0.1, -0.05) is 30.3 Å². The van der Waals surface area contributed by atoms with E-state index in [1.54, 1.807) is 48.5 Å². The van der Waals surface area contributed by atoms with Crippen LogP contribution < -0.4 is 4.90 Å². The standard InChI is InChI=1S/C14H9NO2/c16-13-11-8-4-5-9-12(11)14(17)15(13)10-6-2-1-3-7-10/h1-9H/q+1. The maximum absolute atomic E-state index is 12.1. The zero-order valence-corrected chi connectivity index (χ0v) is 8.96. The van der Waals surface area contributed by atoms with E-state index in [9.17, 15) is 9.59 Å². The van der Waals surface area contributed by atoms with Crippen molar-refractivity contribution >= 4 is 17.5 Å². The summed E-state index contributed by atoms with van der Waals surface area (Å²) in [6, 6.07) is 15.8. The molecule has 0 aliphatic carbocycles. The fraction of sp³-hybridized carbons (Fsp3) is 0. The minimum Gasteiger partial charge on any atom is -0.219 e. The Morgan fingerprint density at radius 3 is 1.65 bits per heavy atom. The third-order valence-corrected chi connectivity index (χ3v) is 2.81. The SMILES string of the molecule is O=C1c2ccccc2C(=O)[N+]1c1ccccc1. The number of nitrogens with zero attached hydrogens (tertiary/aromatic N) is 1. The normalized spacial score (nSPS) is 15.1. The van der Waals surface area contributed by atoms with E-state index in [1.807, 2.05) is 6.07 Å². The van der Waals surface area contributed by atoms with Crippen LogP contribution >= 0.6 is 0 Å². The predicted molar refractivity (Wildman–Crippen MR) is 63.3 cm³/mol. The van der Waals surface area contributed by atoms with E-state index < -0.39 is 0 Å². The molecule has 1 aliphatic heterocycles. The Labute approximate surface area is 98.3 Å². The summed E-state index contributed by atoms with van der Waals surface area (Å²) in [6.45, 7) is 0. The van der Waals surface area contributed by atoms with Crippen LogP contribution in [0.15, 0.2) is 54.6 Å². The summed E-state index contributed by atoms with van der Waals surface area (Å²) in [5, 5.41) is 0. The lowest BCUT2D eigenvalue weighted by Gasteiger charge is -1.97. The minimum atomic E-state index is -0.253. The van der Waals surface area contributed by atoms with Crippen molar-refractivity contribution in [2.24, 2.45) is 0 Å². The highest BCUT2D eigenvalue weighted by molar-refractivity contribution is 6.26. The fourth-order valence-corrected chi connectivity index (χ4v) is 2.00. The van der Waals surface area contributed by atoms with Crippen molar-refractivity contribution in [1.82, 2.24) is 4.90 Å². The molecule has 3 heteroatoms. The molecule has 0 saturated carbocycles. The smallest absolute Gasteiger partial charge is 0.219 e. The Kier molecular flexibility index (Phi) is 2.13. The molecule has 0 atom stereocenters. The summed E-state index contributed by atoms with van der Waals surface area (Å²) in [5.74, 6) is -0.506. The average molecular weight is 223 g/mol. The Morgan fingerprint density at radius 1 is 0.647 bits per heavy atom. The number of carbonyl (C=O) groups is 2. The summed E-state index contributed by atoms with van der Waals surface area (Å²) < 4.78 is 0. The Morgan fingerprint density at radius 2 is 1.12 bits per heavy atom. The van der Waals surface area contributed by atoms with Crippen LogP contribution in [0, 0.1) is 0 Å². The van der Waals surface area contributed by atoms with Crippen molar-refractivity contribution in [3.63, 3.8) is 0 Å². The van der Waals surface area contributed by atoms with E-state index in [0.29, 0.717) is 16.8 Å². The van der Waals surface area contributed by atoms with Crippen molar-refractivity contribution in [1.29, 1.82) is 0 Å². The van der Waals surface area contributed by atoms with Crippen LogP contribution in [0.4, 0.5) is 5.69 Å².